The average molecular weight is 330 g/mol. The largest absolute Gasteiger partial charge is 0.486 e. The third-order valence-corrected chi connectivity index (χ3v) is 5.14. The molecule has 0 unspecified atom stereocenters. The lowest BCUT2D eigenvalue weighted by atomic mass is 10.1. The Morgan fingerprint density at radius 1 is 1.09 bits per heavy atom. The van der Waals surface area contributed by atoms with E-state index in [0.29, 0.717) is 18.1 Å². The number of piperidine rings is 1. The molecule has 0 atom stereocenters. The lowest BCUT2D eigenvalue weighted by molar-refractivity contribution is -0.113. The number of ether oxygens (including phenoxy) is 2. The molecule has 0 aliphatic carbocycles. The molecule has 4 rings (SSSR count). The Bertz CT molecular complexity index is 693. The summed E-state index contributed by atoms with van der Waals surface area (Å²) in [4.78, 5) is 19.3. The smallest absolute Gasteiger partial charge is 0.286 e. The number of fused-ring (bicyclic) bond motifs is 1. The Balaban J connectivity index is 1.52. The summed E-state index contributed by atoms with van der Waals surface area (Å²) in [6, 6.07) is 5.73. The molecule has 1 amide bonds. The predicted molar refractivity (Wildman–Crippen MR) is 90.9 cm³/mol. The summed E-state index contributed by atoms with van der Waals surface area (Å²) < 4.78 is 11.1. The van der Waals surface area contributed by atoms with Gasteiger partial charge >= 0.3 is 0 Å². The number of nitrogens with zero attached hydrogens (tertiary/aromatic N) is 2. The molecule has 0 spiro atoms. The molecule has 0 radical (unpaired) electrons. The van der Waals surface area contributed by atoms with Crippen LogP contribution in [0, 0.1) is 0 Å². The molecule has 0 saturated carbocycles. The maximum absolute atomic E-state index is 12.2. The van der Waals surface area contributed by atoms with Crippen molar-refractivity contribution in [3.05, 3.63) is 28.7 Å². The Hall–Kier alpha value is -1.95. The Labute approximate surface area is 139 Å². The van der Waals surface area contributed by atoms with E-state index in [4.69, 9.17) is 9.47 Å². The van der Waals surface area contributed by atoms with Gasteiger partial charge in [0.1, 0.15) is 13.2 Å². The van der Waals surface area contributed by atoms with Crippen molar-refractivity contribution in [2.75, 3.05) is 26.3 Å². The van der Waals surface area contributed by atoms with Crippen molar-refractivity contribution >= 4 is 28.9 Å². The third kappa shape index (κ3) is 3.08. The first kappa shape index (κ1) is 14.6. The van der Waals surface area contributed by atoms with Crippen LogP contribution in [0.15, 0.2) is 28.1 Å². The van der Waals surface area contributed by atoms with E-state index in [9.17, 15) is 4.79 Å². The number of carbonyl (C=O) groups excluding carboxylic acids is 1. The van der Waals surface area contributed by atoms with Gasteiger partial charge in [-0.15, -0.1) is 0 Å². The molecule has 0 bridgehead atoms. The van der Waals surface area contributed by atoms with E-state index in [1.807, 2.05) is 24.3 Å². The fourth-order valence-electron chi connectivity index (χ4n) is 2.92. The molecule has 0 N–H and O–H groups in total. The van der Waals surface area contributed by atoms with E-state index < -0.39 is 0 Å². The third-order valence-electron chi connectivity index (χ3n) is 4.10. The quantitative estimate of drug-likeness (QED) is 0.741. The first-order chi connectivity index (χ1) is 11.3. The van der Waals surface area contributed by atoms with Gasteiger partial charge in [-0.3, -0.25) is 4.79 Å². The van der Waals surface area contributed by atoms with E-state index in [1.54, 1.807) is 0 Å². The molecular formula is C17H18N2O3S. The van der Waals surface area contributed by atoms with E-state index in [0.717, 1.165) is 35.3 Å². The highest BCUT2D eigenvalue weighted by molar-refractivity contribution is 8.18. The van der Waals surface area contributed by atoms with Crippen molar-refractivity contribution < 1.29 is 14.3 Å². The van der Waals surface area contributed by atoms with Crippen molar-refractivity contribution in [3.63, 3.8) is 0 Å². The second-order valence-corrected chi connectivity index (χ2v) is 6.77. The highest BCUT2D eigenvalue weighted by Crippen LogP contribution is 2.34. The van der Waals surface area contributed by atoms with Gasteiger partial charge in [-0.05, 0) is 54.8 Å². The normalized spacial score (nSPS) is 22.4. The minimum Gasteiger partial charge on any atom is -0.486 e. The molecule has 1 aromatic carbocycles. The van der Waals surface area contributed by atoms with Gasteiger partial charge in [0.05, 0.1) is 4.91 Å². The number of aliphatic imine (C=N–C) groups is 1. The first-order valence-corrected chi connectivity index (χ1v) is 8.78. The number of amides is 1. The van der Waals surface area contributed by atoms with Crippen LogP contribution in [-0.4, -0.2) is 42.3 Å². The Kier molecular flexibility index (Phi) is 3.99. The molecule has 3 aliphatic rings. The number of carbonyl (C=O) groups is 1. The van der Waals surface area contributed by atoms with Crippen LogP contribution in [0.3, 0.4) is 0 Å². The second kappa shape index (κ2) is 6.28. The van der Waals surface area contributed by atoms with E-state index in [1.165, 1.54) is 31.0 Å². The zero-order chi connectivity index (χ0) is 15.6. The lowest BCUT2D eigenvalue weighted by Crippen LogP contribution is -2.33. The SMILES string of the molecule is O=C1N=C(N2CCCCC2)S/C1=C/c1ccc2c(c1)OCCO2. The van der Waals surface area contributed by atoms with Gasteiger partial charge in [-0.1, -0.05) is 6.07 Å². The minimum atomic E-state index is -0.148. The van der Waals surface area contributed by atoms with Crippen molar-refractivity contribution in [1.82, 2.24) is 4.90 Å². The van der Waals surface area contributed by atoms with Gasteiger partial charge in [0.2, 0.25) is 0 Å². The lowest BCUT2D eigenvalue weighted by Gasteiger charge is -2.27. The molecule has 5 nitrogen and oxygen atoms in total. The number of thioether (sulfide) groups is 1. The number of hydrogen-bond acceptors (Lipinski definition) is 5. The topological polar surface area (TPSA) is 51.1 Å². The van der Waals surface area contributed by atoms with Crippen LogP contribution in [0.2, 0.25) is 0 Å². The molecule has 23 heavy (non-hydrogen) atoms. The first-order valence-electron chi connectivity index (χ1n) is 7.97. The van der Waals surface area contributed by atoms with Crippen LogP contribution in [0.4, 0.5) is 0 Å². The molecule has 120 valence electrons. The van der Waals surface area contributed by atoms with E-state index >= 15 is 0 Å². The van der Waals surface area contributed by atoms with Crippen LogP contribution in [0.5, 0.6) is 11.5 Å². The van der Waals surface area contributed by atoms with Gasteiger partial charge in [0.15, 0.2) is 16.7 Å². The van der Waals surface area contributed by atoms with Crippen LogP contribution in [0.1, 0.15) is 24.8 Å². The Morgan fingerprint density at radius 2 is 1.87 bits per heavy atom. The van der Waals surface area contributed by atoms with Crippen molar-refractivity contribution in [2.45, 2.75) is 19.3 Å². The van der Waals surface area contributed by atoms with E-state index in [-0.39, 0.29) is 5.91 Å². The summed E-state index contributed by atoms with van der Waals surface area (Å²) in [7, 11) is 0. The molecule has 6 heteroatoms. The van der Waals surface area contributed by atoms with Gasteiger partial charge < -0.3 is 14.4 Å². The van der Waals surface area contributed by atoms with Crippen molar-refractivity contribution in [1.29, 1.82) is 0 Å². The van der Waals surface area contributed by atoms with Gasteiger partial charge in [-0.25, -0.2) is 0 Å². The summed E-state index contributed by atoms with van der Waals surface area (Å²) in [6.45, 7) is 3.13. The van der Waals surface area contributed by atoms with Crippen LogP contribution in [0.25, 0.3) is 6.08 Å². The fourth-order valence-corrected chi connectivity index (χ4v) is 3.88. The number of benzene rings is 1. The monoisotopic (exact) mass is 330 g/mol. The molecule has 1 fully saturated rings. The average Bonchev–Trinajstić information content (AvgIpc) is 2.96. The van der Waals surface area contributed by atoms with Crippen LogP contribution >= 0.6 is 11.8 Å². The molecule has 1 aromatic rings. The Morgan fingerprint density at radius 3 is 2.70 bits per heavy atom. The van der Waals surface area contributed by atoms with Gasteiger partial charge in [0.25, 0.3) is 5.91 Å². The molecule has 3 heterocycles. The molecule has 3 aliphatic heterocycles. The summed E-state index contributed by atoms with van der Waals surface area (Å²) in [5, 5.41) is 0.846. The molecule has 1 saturated heterocycles. The fraction of sp³-hybridized carbons (Fsp3) is 0.412. The number of rotatable bonds is 1. The minimum absolute atomic E-state index is 0.148. The number of likely N-dealkylation sites (tertiary alicyclic amines) is 1. The second-order valence-electron chi connectivity index (χ2n) is 5.76. The van der Waals surface area contributed by atoms with Gasteiger partial charge in [-0.2, -0.15) is 4.99 Å². The number of hydrogen-bond donors (Lipinski definition) is 0. The van der Waals surface area contributed by atoms with E-state index in [2.05, 4.69) is 9.89 Å². The van der Waals surface area contributed by atoms with Crippen molar-refractivity contribution in [3.8, 4) is 11.5 Å². The molecular weight excluding hydrogens is 312 g/mol. The van der Waals surface area contributed by atoms with Crippen molar-refractivity contribution in [2.24, 2.45) is 4.99 Å². The highest BCUT2D eigenvalue weighted by atomic mass is 32.2. The maximum atomic E-state index is 12.2. The molecule has 0 aromatic heterocycles. The van der Waals surface area contributed by atoms with Crippen LogP contribution < -0.4 is 9.47 Å². The highest BCUT2D eigenvalue weighted by Gasteiger charge is 2.27. The number of amidine groups is 1. The zero-order valence-electron chi connectivity index (χ0n) is 12.8. The summed E-state index contributed by atoms with van der Waals surface area (Å²) >= 11 is 1.47. The van der Waals surface area contributed by atoms with Gasteiger partial charge in [0, 0.05) is 13.1 Å². The summed E-state index contributed by atoms with van der Waals surface area (Å²) in [5.41, 5.74) is 0.931. The summed E-state index contributed by atoms with van der Waals surface area (Å²) in [5.74, 6) is 1.35. The maximum Gasteiger partial charge on any atom is 0.286 e. The standard InChI is InChI=1S/C17H18N2O3S/c20-16-15(23-17(18-16)19-6-2-1-3-7-19)11-12-4-5-13-14(10-12)22-9-8-21-13/h4-5,10-11H,1-3,6-9H2/b15-11+. The summed E-state index contributed by atoms with van der Waals surface area (Å²) in [6.07, 6.45) is 5.50. The zero-order valence-corrected chi connectivity index (χ0v) is 13.6. The van der Waals surface area contributed by atoms with Crippen LogP contribution in [-0.2, 0) is 4.79 Å². The predicted octanol–water partition coefficient (Wildman–Crippen LogP) is 2.91.